The van der Waals surface area contributed by atoms with E-state index >= 15 is 0 Å². The third-order valence-electron chi connectivity index (χ3n) is 4.35. The minimum atomic E-state index is -0.606. The van der Waals surface area contributed by atoms with E-state index in [0.29, 0.717) is 6.42 Å². The predicted octanol–water partition coefficient (Wildman–Crippen LogP) is 3.63. The molecular formula is C22H21NO6. The minimum Gasteiger partial charge on any atom is -0.508 e. The smallest absolute Gasteiger partial charge is 0.360 e. The van der Waals surface area contributed by atoms with Crippen LogP contribution in [0.3, 0.4) is 0 Å². The van der Waals surface area contributed by atoms with Crippen molar-refractivity contribution in [2.24, 2.45) is 0 Å². The van der Waals surface area contributed by atoms with Gasteiger partial charge in [-0.15, -0.1) is 0 Å². The van der Waals surface area contributed by atoms with Gasteiger partial charge in [0, 0.05) is 0 Å². The van der Waals surface area contributed by atoms with Crippen LogP contribution in [0.15, 0.2) is 65.3 Å². The summed E-state index contributed by atoms with van der Waals surface area (Å²) in [7, 11) is 1.31. The number of benzene rings is 2. The van der Waals surface area contributed by atoms with Crippen LogP contribution >= 0.6 is 0 Å². The number of nitrogens with zero attached hydrogens (tertiary/aromatic N) is 1. The molecule has 150 valence electrons. The molecule has 0 aliphatic carbocycles. The summed E-state index contributed by atoms with van der Waals surface area (Å²) in [4.78, 5) is 28.3. The van der Waals surface area contributed by atoms with Crippen LogP contribution in [0.25, 0.3) is 0 Å². The number of methoxy groups -OCH3 is 1. The van der Waals surface area contributed by atoms with Gasteiger partial charge in [0.2, 0.25) is 0 Å². The van der Waals surface area contributed by atoms with Crippen molar-refractivity contribution in [3.05, 3.63) is 83.6 Å². The molecule has 0 radical (unpaired) electrons. The van der Waals surface area contributed by atoms with Gasteiger partial charge in [-0.05, 0) is 29.7 Å². The molecule has 1 unspecified atom stereocenters. The van der Waals surface area contributed by atoms with Gasteiger partial charge in [-0.25, -0.2) is 9.78 Å². The van der Waals surface area contributed by atoms with E-state index in [1.54, 1.807) is 24.3 Å². The molecule has 1 heterocycles. The second-order valence-electron chi connectivity index (χ2n) is 6.48. The van der Waals surface area contributed by atoms with Crippen molar-refractivity contribution >= 4 is 11.9 Å². The Labute approximate surface area is 167 Å². The fourth-order valence-electron chi connectivity index (χ4n) is 2.81. The normalized spacial score (nSPS) is 11.6. The van der Waals surface area contributed by atoms with Crippen molar-refractivity contribution in [3.8, 4) is 5.75 Å². The SMILES string of the molecule is COC(=O)CC(Cc1ccc(O)cc1)c1nc(C(=O)OCc2ccccc2)co1. The first-order valence-corrected chi connectivity index (χ1v) is 9.06. The van der Waals surface area contributed by atoms with Crippen molar-refractivity contribution in [2.45, 2.75) is 25.4 Å². The molecule has 7 heteroatoms. The van der Waals surface area contributed by atoms with Gasteiger partial charge in [-0.3, -0.25) is 4.79 Å². The molecule has 29 heavy (non-hydrogen) atoms. The average Bonchev–Trinajstić information content (AvgIpc) is 3.24. The van der Waals surface area contributed by atoms with Crippen LogP contribution < -0.4 is 0 Å². The van der Waals surface area contributed by atoms with Gasteiger partial charge in [0.05, 0.1) is 19.4 Å². The zero-order valence-electron chi connectivity index (χ0n) is 15.9. The number of phenols is 1. The molecule has 0 amide bonds. The van der Waals surface area contributed by atoms with Gasteiger partial charge in [-0.2, -0.15) is 0 Å². The molecule has 3 rings (SSSR count). The third-order valence-corrected chi connectivity index (χ3v) is 4.35. The lowest BCUT2D eigenvalue weighted by atomic mass is 9.96. The second kappa shape index (κ2) is 9.54. The highest BCUT2D eigenvalue weighted by Gasteiger charge is 2.24. The summed E-state index contributed by atoms with van der Waals surface area (Å²) in [6.45, 7) is 0.126. The van der Waals surface area contributed by atoms with Crippen molar-refractivity contribution in [1.82, 2.24) is 4.98 Å². The molecule has 0 spiro atoms. The number of esters is 2. The quantitative estimate of drug-likeness (QED) is 0.582. The van der Waals surface area contributed by atoms with Crippen LogP contribution in [0, 0.1) is 0 Å². The summed E-state index contributed by atoms with van der Waals surface area (Å²) in [5, 5.41) is 9.43. The average molecular weight is 395 g/mol. The number of hydrogen-bond acceptors (Lipinski definition) is 7. The summed E-state index contributed by atoms with van der Waals surface area (Å²) in [6.07, 6.45) is 1.69. The highest BCUT2D eigenvalue weighted by Crippen LogP contribution is 2.26. The van der Waals surface area contributed by atoms with E-state index in [1.165, 1.54) is 13.4 Å². The number of ether oxygens (including phenoxy) is 2. The second-order valence-corrected chi connectivity index (χ2v) is 6.48. The summed E-state index contributed by atoms with van der Waals surface area (Å²) in [6, 6.07) is 15.9. The topological polar surface area (TPSA) is 98.9 Å². The van der Waals surface area contributed by atoms with Crippen molar-refractivity contribution in [1.29, 1.82) is 0 Å². The number of phenolic OH excluding ortho intramolecular Hbond substituents is 1. The molecular weight excluding hydrogens is 374 g/mol. The molecule has 1 atom stereocenters. The number of oxazole rings is 1. The molecule has 3 aromatic rings. The Morgan fingerprint density at radius 1 is 1.07 bits per heavy atom. The maximum Gasteiger partial charge on any atom is 0.360 e. The van der Waals surface area contributed by atoms with Crippen LogP contribution in [-0.4, -0.2) is 29.1 Å². The summed E-state index contributed by atoms with van der Waals surface area (Å²) >= 11 is 0. The summed E-state index contributed by atoms with van der Waals surface area (Å²) in [5.41, 5.74) is 1.78. The lowest BCUT2D eigenvalue weighted by Crippen LogP contribution is -2.12. The standard InChI is InChI=1S/C22H21NO6/c1-27-20(25)12-17(11-15-7-9-18(24)10-8-15)21-23-19(14-28-21)22(26)29-13-16-5-3-2-4-6-16/h2-10,14,17,24H,11-13H2,1H3. The summed E-state index contributed by atoms with van der Waals surface area (Å²) < 4.78 is 15.5. The van der Waals surface area contributed by atoms with Gasteiger partial charge >= 0.3 is 11.9 Å². The van der Waals surface area contributed by atoms with Crippen LogP contribution in [0.2, 0.25) is 0 Å². The molecule has 0 bridgehead atoms. The van der Waals surface area contributed by atoms with E-state index < -0.39 is 17.9 Å². The van der Waals surface area contributed by atoms with E-state index in [4.69, 9.17) is 13.9 Å². The molecule has 0 fully saturated rings. The number of carbonyl (C=O) groups is 2. The van der Waals surface area contributed by atoms with Crippen molar-refractivity contribution in [2.75, 3.05) is 7.11 Å². The van der Waals surface area contributed by atoms with Crippen LogP contribution in [0.4, 0.5) is 0 Å². The maximum atomic E-state index is 12.3. The molecule has 0 saturated heterocycles. The number of hydrogen-bond donors (Lipinski definition) is 1. The maximum absolute atomic E-state index is 12.3. The number of aromatic nitrogens is 1. The van der Waals surface area contributed by atoms with E-state index in [0.717, 1.165) is 11.1 Å². The number of carbonyl (C=O) groups excluding carboxylic acids is 2. The first kappa shape index (κ1) is 20.1. The number of rotatable bonds is 8. The van der Waals surface area contributed by atoms with Crippen LogP contribution in [0.5, 0.6) is 5.75 Å². The first-order valence-electron chi connectivity index (χ1n) is 9.06. The molecule has 2 aromatic carbocycles. The van der Waals surface area contributed by atoms with E-state index in [2.05, 4.69) is 4.98 Å². The first-order chi connectivity index (χ1) is 14.0. The number of aromatic hydroxyl groups is 1. The molecule has 1 aromatic heterocycles. The molecule has 0 saturated carbocycles. The Hall–Kier alpha value is -3.61. The lowest BCUT2D eigenvalue weighted by molar-refractivity contribution is -0.141. The lowest BCUT2D eigenvalue weighted by Gasteiger charge is -2.12. The van der Waals surface area contributed by atoms with Crippen molar-refractivity contribution in [3.63, 3.8) is 0 Å². The Balaban J connectivity index is 1.70. The zero-order chi connectivity index (χ0) is 20.6. The minimum absolute atomic E-state index is 0.0381. The predicted molar refractivity (Wildman–Crippen MR) is 103 cm³/mol. The summed E-state index contributed by atoms with van der Waals surface area (Å²) in [5.74, 6) is -1.05. The van der Waals surface area contributed by atoms with Gasteiger partial charge in [0.15, 0.2) is 11.6 Å². The van der Waals surface area contributed by atoms with E-state index in [-0.39, 0.29) is 30.4 Å². The highest BCUT2D eigenvalue weighted by molar-refractivity contribution is 5.86. The molecule has 0 aliphatic rings. The van der Waals surface area contributed by atoms with E-state index in [9.17, 15) is 14.7 Å². The molecule has 1 N–H and O–H groups in total. The van der Waals surface area contributed by atoms with Crippen LogP contribution in [-0.2, 0) is 27.3 Å². The van der Waals surface area contributed by atoms with E-state index in [1.807, 2.05) is 30.3 Å². The Kier molecular flexibility index (Phi) is 6.63. The van der Waals surface area contributed by atoms with Crippen molar-refractivity contribution < 1.29 is 28.6 Å². The van der Waals surface area contributed by atoms with Gasteiger partial charge in [-0.1, -0.05) is 42.5 Å². The largest absolute Gasteiger partial charge is 0.508 e. The monoisotopic (exact) mass is 395 g/mol. The zero-order valence-corrected chi connectivity index (χ0v) is 15.9. The Morgan fingerprint density at radius 2 is 1.79 bits per heavy atom. The fourth-order valence-corrected chi connectivity index (χ4v) is 2.81. The van der Waals surface area contributed by atoms with Gasteiger partial charge in [0.1, 0.15) is 18.6 Å². The third kappa shape index (κ3) is 5.68. The Morgan fingerprint density at radius 3 is 2.48 bits per heavy atom. The van der Waals surface area contributed by atoms with Gasteiger partial charge in [0.25, 0.3) is 0 Å². The van der Waals surface area contributed by atoms with Crippen LogP contribution in [0.1, 0.15) is 39.8 Å². The molecule has 7 nitrogen and oxygen atoms in total. The molecule has 0 aliphatic heterocycles. The Bertz CT molecular complexity index is 949. The fraction of sp³-hybridized carbons (Fsp3) is 0.227. The van der Waals surface area contributed by atoms with Gasteiger partial charge < -0.3 is 19.0 Å². The highest BCUT2D eigenvalue weighted by atomic mass is 16.5.